The Labute approximate surface area is 89.6 Å². The van der Waals surface area contributed by atoms with Crippen molar-refractivity contribution in [2.45, 2.75) is 26.2 Å². The van der Waals surface area contributed by atoms with Crippen molar-refractivity contribution in [3.63, 3.8) is 0 Å². The molecule has 0 atom stereocenters. The Morgan fingerprint density at radius 1 is 1.33 bits per heavy atom. The largest absolute Gasteiger partial charge is 0.299 e. The molecule has 1 aromatic rings. The summed E-state index contributed by atoms with van der Waals surface area (Å²) in [4.78, 5) is 11.5. The third-order valence-corrected chi connectivity index (χ3v) is 2.26. The highest BCUT2D eigenvalue weighted by Gasteiger charge is 2.05. The predicted octanol–water partition coefficient (Wildman–Crippen LogP) is 3.29. The first-order chi connectivity index (χ1) is 7.11. The van der Waals surface area contributed by atoms with E-state index in [-0.39, 0.29) is 11.6 Å². The van der Waals surface area contributed by atoms with Crippen LogP contribution < -0.4 is 0 Å². The molecule has 2 heteroatoms. The summed E-state index contributed by atoms with van der Waals surface area (Å²) < 4.78 is 12.6. The highest BCUT2D eigenvalue weighted by Crippen LogP contribution is 2.09. The lowest BCUT2D eigenvalue weighted by molar-refractivity contribution is -0.117. The summed E-state index contributed by atoms with van der Waals surface area (Å²) in [5.41, 5.74) is 1.80. The van der Waals surface area contributed by atoms with Crippen molar-refractivity contribution in [1.29, 1.82) is 0 Å². The Bertz CT molecular complexity index is 351. The molecule has 0 N–H and O–H groups in total. The lowest BCUT2D eigenvalue weighted by Crippen LogP contribution is -2.03. The van der Waals surface area contributed by atoms with E-state index in [1.165, 1.54) is 12.1 Å². The third kappa shape index (κ3) is 4.07. The van der Waals surface area contributed by atoms with Gasteiger partial charge in [-0.3, -0.25) is 4.79 Å². The van der Waals surface area contributed by atoms with Crippen LogP contribution >= 0.6 is 0 Å². The number of carbonyl (C=O) groups excluding carboxylic acids is 1. The molecule has 0 radical (unpaired) electrons. The number of hydrogen-bond acceptors (Lipinski definition) is 1. The Balaban J connectivity index is 2.51. The molecule has 0 aromatic heterocycles. The fourth-order valence-corrected chi connectivity index (χ4v) is 1.30. The van der Waals surface area contributed by atoms with Gasteiger partial charge >= 0.3 is 0 Å². The zero-order chi connectivity index (χ0) is 11.3. The highest BCUT2D eigenvalue weighted by molar-refractivity contribution is 5.82. The minimum Gasteiger partial charge on any atom is -0.299 e. The minimum atomic E-state index is -0.274. The summed E-state index contributed by atoms with van der Waals surface area (Å²) in [6.07, 6.45) is 1.61. The van der Waals surface area contributed by atoms with Crippen LogP contribution in [0.5, 0.6) is 0 Å². The second-order valence-electron chi connectivity index (χ2n) is 3.62. The SMILES string of the molecule is C=C(CC)CC(=O)Cc1ccc(F)cc1. The molecule has 0 aliphatic heterocycles. The van der Waals surface area contributed by atoms with E-state index >= 15 is 0 Å². The molecule has 0 spiro atoms. The van der Waals surface area contributed by atoms with Gasteiger partial charge in [0.25, 0.3) is 0 Å². The molecule has 80 valence electrons. The van der Waals surface area contributed by atoms with Gasteiger partial charge in [0.1, 0.15) is 11.6 Å². The van der Waals surface area contributed by atoms with Gasteiger partial charge in [-0.1, -0.05) is 31.2 Å². The molecule has 0 amide bonds. The number of hydrogen-bond donors (Lipinski definition) is 0. The van der Waals surface area contributed by atoms with E-state index in [0.29, 0.717) is 12.8 Å². The van der Waals surface area contributed by atoms with Crippen molar-refractivity contribution in [3.05, 3.63) is 47.8 Å². The number of Topliss-reactive ketones (excluding diaryl/α,β-unsaturated/α-hetero) is 1. The van der Waals surface area contributed by atoms with Gasteiger partial charge in [0.2, 0.25) is 0 Å². The standard InChI is InChI=1S/C13H15FO/c1-3-10(2)8-13(15)9-11-4-6-12(14)7-5-11/h4-7H,2-3,8-9H2,1H3. The molecule has 1 nitrogen and oxygen atoms in total. The third-order valence-electron chi connectivity index (χ3n) is 2.26. The van der Waals surface area contributed by atoms with Crippen LogP contribution in [0.2, 0.25) is 0 Å². The van der Waals surface area contributed by atoms with Gasteiger partial charge in [0, 0.05) is 12.8 Å². The molecule has 0 aliphatic rings. The zero-order valence-electron chi connectivity index (χ0n) is 8.92. The molecular weight excluding hydrogens is 191 g/mol. The second kappa shape index (κ2) is 5.44. The molecule has 0 saturated heterocycles. The zero-order valence-corrected chi connectivity index (χ0v) is 8.92. The average molecular weight is 206 g/mol. The number of benzene rings is 1. The normalized spacial score (nSPS) is 10.0. The molecule has 1 aromatic carbocycles. The Hall–Kier alpha value is -1.44. The molecule has 0 saturated carbocycles. The fraction of sp³-hybridized carbons (Fsp3) is 0.308. The van der Waals surface area contributed by atoms with E-state index in [4.69, 9.17) is 0 Å². The van der Waals surface area contributed by atoms with Crippen LogP contribution in [0.4, 0.5) is 4.39 Å². The van der Waals surface area contributed by atoms with Crippen LogP contribution in [-0.2, 0) is 11.2 Å². The number of carbonyl (C=O) groups is 1. The monoisotopic (exact) mass is 206 g/mol. The lowest BCUT2D eigenvalue weighted by atomic mass is 10.0. The Kier molecular flexibility index (Phi) is 4.22. The van der Waals surface area contributed by atoms with Gasteiger partial charge in [-0.15, -0.1) is 0 Å². The first-order valence-corrected chi connectivity index (χ1v) is 5.04. The molecule has 0 bridgehead atoms. The summed E-state index contributed by atoms with van der Waals surface area (Å²) in [6.45, 7) is 5.77. The van der Waals surface area contributed by atoms with Crippen LogP contribution in [0.3, 0.4) is 0 Å². The van der Waals surface area contributed by atoms with Gasteiger partial charge < -0.3 is 0 Å². The number of ketones is 1. The Morgan fingerprint density at radius 2 is 1.93 bits per heavy atom. The van der Waals surface area contributed by atoms with Crippen molar-refractivity contribution >= 4 is 5.78 Å². The first-order valence-electron chi connectivity index (χ1n) is 5.04. The maximum Gasteiger partial charge on any atom is 0.141 e. The summed E-state index contributed by atoms with van der Waals surface area (Å²) >= 11 is 0. The van der Waals surface area contributed by atoms with Gasteiger partial charge in [0.05, 0.1) is 0 Å². The van der Waals surface area contributed by atoms with Gasteiger partial charge in [-0.05, 0) is 24.1 Å². The van der Waals surface area contributed by atoms with Crippen LogP contribution in [0.25, 0.3) is 0 Å². The quantitative estimate of drug-likeness (QED) is 0.675. The predicted molar refractivity (Wildman–Crippen MR) is 59.2 cm³/mol. The van der Waals surface area contributed by atoms with Crippen molar-refractivity contribution < 1.29 is 9.18 Å². The molecule has 0 fully saturated rings. The highest BCUT2D eigenvalue weighted by atomic mass is 19.1. The van der Waals surface area contributed by atoms with Crippen molar-refractivity contribution in [2.75, 3.05) is 0 Å². The molecule has 1 rings (SSSR count). The molecule has 0 aliphatic carbocycles. The minimum absolute atomic E-state index is 0.133. The van der Waals surface area contributed by atoms with E-state index in [9.17, 15) is 9.18 Å². The van der Waals surface area contributed by atoms with Crippen molar-refractivity contribution in [1.82, 2.24) is 0 Å². The van der Waals surface area contributed by atoms with Crippen molar-refractivity contribution in [3.8, 4) is 0 Å². The smallest absolute Gasteiger partial charge is 0.141 e. The van der Waals surface area contributed by atoms with Crippen LogP contribution in [0.1, 0.15) is 25.3 Å². The number of rotatable bonds is 5. The molecular formula is C13H15FO. The maximum atomic E-state index is 12.6. The van der Waals surface area contributed by atoms with Crippen molar-refractivity contribution in [2.24, 2.45) is 0 Å². The molecule has 15 heavy (non-hydrogen) atoms. The van der Waals surface area contributed by atoms with Crippen LogP contribution in [0.15, 0.2) is 36.4 Å². The van der Waals surface area contributed by atoms with E-state index in [0.717, 1.165) is 17.6 Å². The fourth-order valence-electron chi connectivity index (χ4n) is 1.30. The Morgan fingerprint density at radius 3 is 2.47 bits per heavy atom. The summed E-state index contributed by atoms with van der Waals surface area (Å²) in [7, 11) is 0. The summed E-state index contributed by atoms with van der Waals surface area (Å²) in [5.74, 6) is -0.141. The average Bonchev–Trinajstić information content (AvgIpc) is 2.21. The summed E-state index contributed by atoms with van der Waals surface area (Å²) in [5, 5.41) is 0. The van der Waals surface area contributed by atoms with Gasteiger partial charge in [0.15, 0.2) is 0 Å². The second-order valence-corrected chi connectivity index (χ2v) is 3.62. The van der Waals surface area contributed by atoms with Crippen LogP contribution in [0, 0.1) is 5.82 Å². The summed E-state index contributed by atoms with van der Waals surface area (Å²) in [6, 6.07) is 6.03. The van der Waals surface area contributed by atoms with Gasteiger partial charge in [-0.25, -0.2) is 4.39 Å². The van der Waals surface area contributed by atoms with E-state index in [2.05, 4.69) is 6.58 Å². The topological polar surface area (TPSA) is 17.1 Å². The first kappa shape index (κ1) is 11.6. The number of halogens is 1. The maximum absolute atomic E-state index is 12.6. The molecule has 0 unspecified atom stereocenters. The molecule has 0 heterocycles. The van der Waals surface area contributed by atoms with E-state index < -0.39 is 0 Å². The van der Waals surface area contributed by atoms with E-state index in [1.54, 1.807) is 12.1 Å². The van der Waals surface area contributed by atoms with E-state index in [1.807, 2.05) is 6.92 Å². The number of allylic oxidation sites excluding steroid dienone is 1. The lowest BCUT2D eigenvalue weighted by Gasteiger charge is -2.02. The van der Waals surface area contributed by atoms with Crippen LogP contribution in [-0.4, -0.2) is 5.78 Å². The van der Waals surface area contributed by atoms with Gasteiger partial charge in [-0.2, -0.15) is 0 Å².